The van der Waals surface area contributed by atoms with Gasteiger partial charge in [-0.25, -0.2) is 4.79 Å². The molecule has 1 N–H and O–H groups in total. The summed E-state index contributed by atoms with van der Waals surface area (Å²) >= 11 is 0. The summed E-state index contributed by atoms with van der Waals surface area (Å²) in [6.45, 7) is 1.46. The Morgan fingerprint density at radius 2 is 1.96 bits per heavy atom. The molecule has 1 fully saturated rings. The molecule has 0 saturated carbocycles. The van der Waals surface area contributed by atoms with Gasteiger partial charge in [0, 0.05) is 14.1 Å². The zero-order valence-corrected chi connectivity index (χ0v) is 13.7. The predicted molar refractivity (Wildman–Crippen MR) is 84.8 cm³/mol. The number of likely N-dealkylation sites (N-methyl/N-ethyl adjacent to an activating group) is 1. The number of urea groups is 1. The molecule has 3 rings (SSSR count). The van der Waals surface area contributed by atoms with E-state index in [1.165, 1.54) is 16.0 Å². The third kappa shape index (κ3) is 2.48. The predicted octanol–water partition coefficient (Wildman–Crippen LogP) is 1.03. The third-order valence-corrected chi connectivity index (χ3v) is 4.74. The monoisotopic (exact) mass is 315 g/mol. The van der Waals surface area contributed by atoms with Crippen molar-refractivity contribution in [2.75, 3.05) is 20.6 Å². The summed E-state index contributed by atoms with van der Waals surface area (Å²) in [7, 11) is 3.20. The molecular formula is C17H21N3O3. The van der Waals surface area contributed by atoms with Gasteiger partial charge in [-0.2, -0.15) is 0 Å². The van der Waals surface area contributed by atoms with Gasteiger partial charge in [-0.3, -0.25) is 14.5 Å². The van der Waals surface area contributed by atoms with Crippen molar-refractivity contribution in [1.29, 1.82) is 0 Å². The molecule has 1 aromatic rings. The lowest BCUT2D eigenvalue weighted by Gasteiger charge is -2.23. The zero-order valence-electron chi connectivity index (χ0n) is 13.7. The number of carbonyl (C=O) groups excluding carboxylic acids is 3. The Hall–Kier alpha value is -2.37. The summed E-state index contributed by atoms with van der Waals surface area (Å²) < 4.78 is 0. The van der Waals surface area contributed by atoms with Crippen molar-refractivity contribution in [2.24, 2.45) is 0 Å². The molecule has 2 aliphatic rings. The van der Waals surface area contributed by atoms with Crippen LogP contribution in [0.1, 0.15) is 30.0 Å². The first kappa shape index (κ1) is 15.5. The van der Waals surface area contributed by atoms with Crippen LogP contribution in [-0.4, -0.2) is 48.3 Å². The maximum absolute atomic E-state index is 12.8. The summed E-state index contributed by atoms with van der Waals surface area (Å²) in [4.78, 5) is 39.2. The summed E-state index contributed by atoms with van der Waals surface area (Å²) in [6.07, 6.45) is 3.19. The average molecular weight is 315 g/mol. The largest absolute Gasteiger partial charge is 0.347 e. The van der Waals surface area contributed by atoms with Crippen LogP contribution in [0.2, 0.25) is 0 Å². The fraction of sp³-hybridized carbons (Fsp3) is 0.471. The Bertz CT molecular complexity index is 698. The van der Waals surface area contributed by atoms with E-state index in [-0.39, 0.29) is 18.4 Å². The van der Waals surface area contributed by atoms with Crippen LogP contribution in [0.5, 0.6) is 0 Å². The molecular weight excluding hydrogens is 294 g/mol. The molecule has 0 spiro atoms. The Balaban J connectivity index is 1.89. The highest BCUT2D eigenvalue weighted by atomic mass is 16.2. The van der Waals surface area contributed by atoms with Crippen molar-refractivity contribution in [3.63, 3.8) is 0 Å². The maximum atomic E-state index is 12.8. The van der Waals surface area contributed by atoms with Crippen LogP contribution in [0, 0.1) is 0 Å². The Kier molecular flexibility index (Phi) is 3.62. The molecule has 122 valence electrons. The lowest BCUT2D eigenvalue weighted by atomic mass is 9.89. The number of carbonyl (C=O) groups is 3. The van der Waals surface area contributed by atoms with Crippen molar-refractivity contribution < 1.29 is 14.4 Å². The third-order valence-electron chi connectivity index (χ3n) is 4.74. The van der Waals surface area contributed by atoms with Crippen LogP contribution >= 0.6 is 0 Å². The molecule has 1 heterocycles. The number of nitrogens with one attached hydrogen (secondary N) is 1. The molecule has 1 saturated heterocycles. The Labute approximate surface area is 135 Å². The van der Waals surface area contributed by atoms with E-state index < -0.39 is 11.6 Å². The highest BCUT2D eigenvalue weighted by molar-refractivity contribution is 6.09. The molecule has 4 amide bonds. The van der Waals surface area contributed by atoms with E-state index in [9.17, 15) is 14.4 Å². The number of fused-ring (bicyclic) bond motifs is 1. The minimum absolute atomic E-state index is 0.238. The Morgan fingerprint density at radius 1 is 1.26 bits per heavy atom. The van der Waals surface area contributed by atoms with Gasteiger partial charge in [0.05, 0.1) is 0 Å². The van der Waals surface area contributed by atoms with E-state index in [1.807, 2.05) is 18.2 Å². The maximum Gasteiger partial charge on any atom is 0.325 e. The number of rotatable bonds is 3. The van der Waals surface area contributed by atoms with Crippen molar-refractivity contribution in [3.8, 4) is 0 Å². The van der Waals surface area contributed by atoms with E-state index in [2.05, 4.69) is 5.32 Å². The molecule has 1 aliphatic carbocycles. The van der Waals surface area contributed by atoms with E-state index in [1.54, 1.807) is 21.0 Å². The number of hydrogen-bond acceptors (Lipinski definition) is 3. The van der Waals surface area contributed by atoms with Crippen molar-refractivity contribution >= 4 is 17.8 Å². The number of imide groups is 1. The summed E-state index contributed by atoms with van der Waals surface area (Å²) in [5.74, 6) is -0.664. The standard InChI is InChI=1S/C17H21N3O3/c1-17(13-8-7-11-5-4-6-12(11)9-13)15(22)20(16(23)18-17)10-14(21)19(2)3/h7-9H,4-6,10H2,1-3H3,(H,18,23). The first-order valence-electron chi connectivity index (χ1n) is 7.79. The molecule has 1 aliphatic heterocycles. The SMILES string of the molecule is CN(C)C(=O)CN1C(=O)NC(C)(c2ccc3c(c2)CCC3)C1=O. The summed E-state index contributed by atoms with van der Waals surface area (Å²) in [5, 5.41) is 2.75. The van der Waals surface area contributed by atoms with E-state index in [0.29, 0.717) is 0 Å². The molecule has 6 heteroatoms. The van der Waals surface area contributed by atoms with Crippen LogP contribution in [0.25, 0.3) is 0 Å². The lowest BCUT2D eigenvalue weighted by molar-refractivity contribution is -0.137. The van der Waals surface area contributed by atoms with Crippen molar-refractivity contribution in [2.45, 2.75) is 31.7 Å². The van der Waals surface area contributed by atoms with Gasteiger partial charge < -0.3 is 10.2 Å². The normalized spacial score (nSPS) is 23.0. The molecule has 1 atom stereocenters. The molecule has 0 radical (unpaired) electrons. The summed E-state index contributed by atoms with van der Waals surface area (Å²) in [5.41, 5.74) is 2.22. The molecule has 0 bridgehead atoms. The van der Waals surface area contributed by atoms with Gasteiger partial charge in [0.2, 0.25) is 5.91 Å². The topological polar surface area (TPSA) is 69.7 Å². The minimum atomic E-state index is -1.11. The number of nitrogens with zero attached hydrogens (tertiary/aromatic N) is 2. The van der Waals surface area contributed by atoms with E-state index in [0.717, 1.165) is 29.7 Å². The average Bonchev–Trinajstić information content (AvgIpc) is 3.05. The van der Waals surface area contributed by atoms with Gasteiger partial charge in [-0.05, 0) is 42.9 Å². The minimum Gasteiger partial charge on any atom is -0.347 e. The second kappa shape index (κ2) is 5.37. The van der Waals surface area contributed by atoms with Crippen molar-refractivity contribution in [3.05, 3.63) is 34.9 Å². The second-order valence-corrected chi connectivity index (χ2v) is 6.57. The highest BCUT2D eigenvalue weighted by Crippen LogP contribution is 2.32. The second-order valence-electron chi connectivity index (χ2n) is 6.57. The molecule has 0 aromatic heterocycles. The highest BCUT2D eigenvalue weighted by Gasteiger charge is 2.49. The van der Waals surface area contributed by atoms with Crippen LogP contribution in [-0.2, 0) is 28.0 Å². The first-order chi connectivity index (χ1) is 10.8. The van der Waals surface area contributed by atoms with Gasteiger partial charge in [-0.15, -0.1) is 0 Å². The smallest absolute Gasteiger partial charge is 0.325 e. The van der Waals surface area contributed by atoms with Gasteiger partial charge in [0.15, 0.2) is 0 Å². The van der Waals surface area contributed by atoms with E-state index in [4.69, 9.17) is 0 Å². The van der Waals surface area contributed by atoms with E-state index >= 15 is 0 Å². The fourth-order valence-corrected chi connectivity index (χ4v) is 3.20. The van der Waals surface area contributed by atoms with Gasteiger partial charge in [-0.1, -0.05) is 18.2 Å². The number of hydrogen-bond donors (Lipinski definition) is 1. The summed E-state index contributed by atoms with van der Waals surface area (Å²) in [6, 6.07) is 5.43. The number of amides is 4. The molecule has 6 nitrogen and oxygen atoms in total. The van der Waals surface area contributed by atoms with Crippen LogP contribution in [0.15, 0.2) is 18.2 Å². The quantitative estimate of drug-likeness (QED) is 0.847. The lowest BCUT2D eigenvalue weighted by Crippen LogP contribution is -2.43. The number of benzene rings is 1. The fourth-order valence-electron chi connectivity index (χ4n) is 3.20. The molecule has 1 unspecified atom stereocenters. The van der Waals surface area contributed by atoms with Gasteiger partial charge in [0.25, 0.3) is 5.91 Å². The van der Waals surface area contributed by atoms with Crippen LogP contribution in [0.3, 0.4) is 0 Å². The van der Waals surface area contributed by atoms with Gasteiger partial charge in [0.1, 0.15) is 12.1 Å². The first-order valence-corrected chi connectivity index (χ1v) is 7.79. The van der Waals surface area contributed by atoms with Crippen molar-refractivity contribution in [1.82, 2.24) is 15.1 Å². The Morgan fingerprint density at radius 3 is 2.65 bits per heavy atom. The molecule has 1 aromatic carbocycles. The zero-order chi connectivity index (χ0) is 16.8. The molecule has 23 heavy (non-hydrogen) atoms. The van der Waals surface area contributed by atoms with Crippen LogP contribution in [0.4, 0.5) is 4.79 Å². The van der Waals surface area contributed by atoms with Gasteiger partial charge >= 0.3 is 6.03 Å². The number of aryl methyl sites for hydroxylation is 2. The van der Waals surface area contributed by atoms with Crippen LogP contribution < -0.4 is 5.32 Å².